The predicted molar refractivity (Wildman–Crippen MR) is 77.2 cm³/mol. The highest BCUT2D eigenvalue weighted by Gasteiger charge is 2.09. The van der Waals surface area contributed by atoms with Crippen molar-refractivity contribution in [3.05, 3.63) is 54.9 Å². The minimum Gasteiger partial charge on any atom is -0.337 e. The summed E-state index contributed by atoms with van der Waals surface area (Å²) in [7, 11) is 0. The third-order valence-electron chi connectivity index (χ3n) is 3.04. The number of anilines is 1. The number of nitrogens with zero attached hydrogens (tertiary/aromatic N) is 5. The van der Waals surface area contributed by atoms with Gasteiger partial charge < -0.3 is 9.88 Å². The minimum atomic E-state index is -0.226. The van der Waals surface area contributed by atoms with Crippen LogP contribution in [0.25, 0.3) is 5.69 Å². The molecule has 21 heavy (non-hydrogen) atoms. The molecule has 0 saturated carbocycles. The lowest BCUT2D eigenvalue weighted by molar-refractivity contribution is 0.102. The highest BCUT2D eigenvalue weighted by Crippen LogP contribution is 2.13. The second kappa shape index (κ2) is 5.58. The molecule has 0 aliphatic rings. The lowest BCUT2D eigenvalue weighted by Crippen LogP contribution is -2.12. The number of benzene rings is 1. The molecule has 0 spiro atoms. The largest absolute Gasteiger partial charge is 0.337 e. The summed E-state index contributed by atoms with van der Waals surface area (Å²) >= 11 is 0. The minimum absolute atomic E-state index is 0.226. The Morgan fingerprint density at radius 1 is 1.29 bits per heavy atom. The molecule has 0 saturated heterocycles. The topological polar surface area (TPSA) is 77.6 Å². The van der Waals surface area contributed by atoms with Gasteiger partial charge in [-0.05, 0) is 31.2 Å². The zero-order valence-electron chi connectivity index (χ0n) is 11.5. The normalized spacial score (nSPS) is 10.5. The monoisotopic (exact) mass is 282 g/mol. The molecule has 1 amide bonds. The van der Waals surface area contributed by atoms with Crippen molar-refractivity contribution in [3.63, 3.8) is 0 Å². The van der Waals surface area contributed by atoms with Crippen molar-refractivity contribution in [2.24, 2.45) is 0 Å². The molecule has 2 heterocycles. The van der Waals surface area contributed by atoms with Crippen molar-refractivity contribution in [1.82, 2.24) is 24.5 Å². The molecular formula is C14H14N6O. The lowest BCUT2D eigenvalue weighted by atomic mass is 10.2. The van der Waals surface area contributed by atoms with E-state index in [-0.39, 0.29) is 5.91 Å². The van der Waals surface area contributed by atoms with Crippen LogP contribution in [0.5, 0.6) is 0 Å². The lowest BCUT2D eigenvalue weighted by Gasteiger charge is -2.05. The fourth-order valence-electron chi connectivity index (χ4n) is 1.89. The predicted octanol–water partition coefficient (Wildman–Crippen LogP) is 1.74. The second-order valence-corrected chi connectivity index (χ2v) is 4.44. The first-order valence-corrected chi connectivity index (χ1v) is 6.56. The Kier molecular flexibility index (Phi) is 3.46. The van der Waals surface area contributed by atoms with Crippen LogP contribution >= 0.6 is 0 Å². The smallest absolute Gasteiger partial charge is 0.275 e. The van der Waals surface area contributed by atoms with E-state index in [1.54, 1.807) is 29.6 Å². The summed E-state index contributed by atoms with van der Waals surface area (Å²) in [5.74, 6) is -0.226. The molecular weight excluding hydrogens is 268 g/mol. The number of hydrogen-bond donors (Lipinski definition) is 1. The maximum absolute atomic E-state index is 12.0. The van der Waals surface area contributed by atoms with Gasteiger partial charge in [-0.2, -0.15) is 0 Å². The van der Waals surface area contributed by atoms with Crippen molar-refractivity contribution in [3.8, 4) is 5.69 Å². The van der Waals surface area contributed by atoms with Gasteiger partial charge in [-0.1, -0.05) is 5.21 Å². The summed E-state index contributed by atoms with van der Waals surface area (Å²) in [6.07, 6.45) is 6.73. The molecule has 0 aliphatic carbocycles. The zero-order chi connectivity index (χ0) is 14.7. The third-order valence-corrected chi connectivity index (χ3v) is 3.04. The Bertz CT molecular complexity index is 729. The van der Waals surface area contributed by atoms with E-state index in [1.165, 1.54) is 0 Å². The average Bonchev–Trinajstić information content (AvgIpc) is 3.19. The summed E-state index contributed by atoms with van der Waals surface area (Å²) in [5, 5.41) is 10.5. The van der Waals surface area contributed by atoms with Gasteiger partial charge in [0.2, 0.25) is 0 Å². The molecule has 0 unspecified atom stereocenters. The Hall–Kier alpha value is -2.96. The van der Waals surface area contributed by atoms with Gasteiger partial charge in [0, 0.05) is 18.4 Å². The van der Waals surface area contributed by atoms with Crippen LogP contribution in [0, 0.1) is 0 Å². The highest BCUT2D eigenvalue weighted by atomic mass is 16.1. The first kappa shape index (κ1) is 13.0. The molecule has 1 N–H and O–H groups in total. The Morgan fingerprint density at radius 3 is 2.71 bits per heavy atom. The highest BCUT2D eigenvalue weighted by molar-refractivity contribution is 6.02. The molecule has 7 nitrogen and oxygen atoms in total. The van der Waals surface area contributed by atoms with Gasteiger partial charge in [-0.3, -0.25) is 4.79 Å². The number of hydrogen-bond acceptors (Lipinski definition) is 4. The van der Waals surface area contributed by atoms with Gasteiger partial charge in [0.15, 0.2) is 0 Å². The second-order valence-electron chi connectivity index (χ2n) is 4.44. The Balaban J connectivity index is 1.71. The van der Waals surface area contributed by atoms with E-state index in [0.717, 1.165) is 12.2 Å². The van der Waals surface area contributed by atoms with Crippen LogP contribution in [-0.4, -0.2) is 30.5 Å². The maximum Gasteiger partial charge on any atom is 0.275 e. The maximum atomic E-state index is 12.0. The van der Waals surface area contributed by atoms with Gasteiger partial charge in [0.1, 0.15) is 5.69 Å². The SMILES string of the molecule is CCn1cnc(C(=O)Nc2ccc(-n3ccnn3)cc2)c1. The van der Waals surface area contributed by atoms with Crippen molar-refractivity contribution in [2.45, 2.75) is 13.5 Å². The van der Waals surface area contributed by atoms with Crippen molar-refractivity contribution in [1.29, 1.82) is 0 Å². The van der Waals surface area contributed by atoms with Gasteiger partial charge in [-0.25, -0.2) is 9.67 Å². The van der Waals surface area contributed by atoms with Crippen molar-refractivity contribution >= 4 is 11.6 Å². The third kappa shape index (κ3) is 2.81. The van der Waals surface area contributed by atoms with Crippen LogP contribution in [0.3, 0.4) is 0 Å². The Labute approximate surface area is 121 Å². The number of aromatic nitrogens is 5. The summed E-state index contributed by atoms with van der Waals surface area (Å²) in [5.41, 5.74) is 1.98. The van der Waals surface area contributed by atoms with E-state index < -0.39 is 0 Å². The number of amides is 1. The van der Waals surface area contributed by atoms with Crippen molar-refractivity contribution < 1.29 is 4.79 Å². The van der Waals surface area contributed by atoms with Crippen LogP contribution < -0.4 is 5.32 Å². The molecule has 0 bridgehead atoms. The van der Waals surface area contributed by atoms with E-state index in [4.69, 9.17) is 0 Å². The van der Waals surface area contributed by atoms with Crippen LogP contribution in [0.2, 0.25) is 0 Å². The van der Waals surface area contributed by atoms with Gasteiger partial charge in [0.05, 0.1) is 24.4 Å². The Morgan fingerprint density at radius 2 is 2.10 bits per heavy atom. The average molecular weight is 282 g/mol. The van der Waals surface area contributed by atoms with Gasteiger partial charge in [0.25, 0.3) is 5.91 Å². The quantitative estimate of drug-likeness (QED) is 0.790. The fourth-order valence-corrected chi connectivity index (χ4v) is 1.89. The summed E-state index contributed by atoms with van der Waals surface area (Å²) < 4.78 is 3.50. The molecule has 106 valence electrons. The molecule has 1 aromatic carbocycles. The molecule has 7 heteroatoms. The standard InChI is InChI=1S/C14H14N6O/c1-2-19-9-13(15-10-19)14(21)17-11-3-5-12(6-4-11)20-8-7-16-18-20/h3-10H,2H2,1H3,(H,17,21). The summed E-state index contributed by atoms with van der Waals surface area (Å²) in [6.45, 7) is 2.78. The van der Waals surface area contributed by atoms with Gasteiger partial charge >= 0.3 is 0 Å². The first-order valence-electron chi connectivity index (χ1n) is 6.56. The number of carbonyl (C=O) groups excluding carboxylic acids is 1. The number of aryl methyl sites for hydroxylation is 1. The van der Waals surface area contributed by atoms with Crippen LogP contribution in [-0.2, 0) is 6.54 Å². The van der Waals surface area contributed by atoms with E-state index in [1.807, 2.05) is 35.8 Å². The molecule has 0 fully saturated rings. The van der Waals surface area contributed by atoms with Crippen LogP contribution in [0.15, 0.2) is 49.2 Å². The van der Waals surface area contributed by atoms with Crippen LogP contribution in [0.4, 0.5) is 5.69 Å². The number of imidazole rings is 1. The zero-order valence-corrected chi connectivity index (χ0v) is 11.5. The van der Waals surface area contributed by atoms with Crippen molar-refractivity contribution in [2.75, 3.05) is 5.32 Å². The summed E-state index contributed by atoms with van der Waals surface area (Å²) in [4.78, 5) is 16.1. The fraction of sp³-hybridized carbons (Fsp3) is 0.143. The first-order chi connectivity index (χ1) is 10.3. The molecule has 2 aromatic heterocycles. The molecule has 3 rings (SSSR count). The number of carbonyl (C=O) groups is 1. The van der Waals surface area contributed by atoms with E-state index in [0.29, 0.717) is 11.4 Å². The molecule has 0 atom stereocenters. The van der Waals surface area contributed by atoms with E-state index in [2.05, 4.69) is 20.6 Å². The molecule has 3 aromatic rings. The van der Waals surface area contributed by atoms with Crippen LogP contribution in [0.1, 0.15) is 17.4 Å². The summed E-state index contributed by atoms with van der Waals surface area (Å²) in [6, 6.07) is 7.33. The van der Waals surface area contributed by atoms with Gasteiger partial charge in [-0.15, -0.1) is 5.10 Å². The molecule has 0 aliphatic heterocycles. The number of nitrogens with one attached hydrogen (secondary N) is 1. The van der Waals surface area contributed by atoms with E-state index >= 15 is 0 Å². The molecule has 0 radical (unpaired) electrons. The number of rotatable bonds is 4. The van der Waals surface area contributed by atoms with E-state index in [9.17, 15) is 4.79 Å².